The number of rotatable bonds is 14. The molecule has 1 fully saturated rings. The van der Waals surface area contributed by atoms with E-state index in [0.717, 1.165) is 28.9 Å². The number of carbonyl (C=O) groups excluding carboxylic acids is 1. The minimum atomic E-state index is -1.02. The molecule has 6 nitrogen and oxygen atoms in total. The maximum Gasteiger partial charge on any atom is 0.326 e. The van der Waals surface area contributed by atoms with Crippen LogP contribution in [0.15, 0.2) is 42.5 Å². The molecule has 3 rings (SSSR count). The highest BCUT2D eigenvalue weighted by molar-refractivity contribution is 7.98. The number of nitrogens with one attached hydrogen (secondary N) is 1. The Morgan fingerprint density at radius 1 is 1.11 bits per heavy atom. The zero-order valence-electron chi connectivity index (χ0n) is 22.3. The minimum absolute atomic E-state index is 0.0405. The van der Waals surface area contributed by atoms with Crippen molar-refractivity contribution in [1.82, 2.24) is 5.32 Å². The van der Waals surface area contributed by atoms with E-state index >= 15 is 0 Å². The summed E-state index contributed by atoms with van der Waals surface area (Å²) in [7, 11) is 0. The Hall–Kier alpha value is -2.35. The minimum Gasteiger partial charge on any atom is -0.480 e. The molecule has 2 N–H and O–H groups in total. The van der Waals surface area contributed by atoms with Gasteiger partial charge in [-0.05, 0) is 85.4 Å². The van der Waals surface area contributed by atoms with Crippen LogP contribution in [0.4, 0.5) is 0 Å². The molecule has 2 aromatic carbocycles. The molecule has 1 aliphatic rings. The molecule has 7 heteroatoms. The summed E-state index contributed by atoms with van der Waals surface area (Å²) < 4.78 is 12.0. The van der Waals surface area contributed by atoms with Gasteiger partial charge >= 0.3 is 5.97 Å². The first-order valence-corrected chi connectivity index (χ1v) is 14.7. The second-order valence-electron chi connectivity index (χ2n) is 10.0. The number of ether oxygens (including phenoxy) is 2. The largest absolute Gasteiger partial charge is 0.480 e. The summed E-state index contributed by atoms with van der Waals surface area (Å²) in [6.45, 7) is 5.80. The zero-order chi connectivity index (χ0) is 26.6. The summed E-state index contributed by atoms with van der Waals surface area (Å²) in [6, 6.07) is 12.6. The molecule has 0 aliphatic heterocycles. The van der Waals surface area contributed by atoms with Crippen LogP contribution in [0.5, 0.6) is 0 Å². The van der Waals surface area contributed by atoms with E-state index in [-0.39, 0.29) is 12.0 Å². The Bertz CT molecular complexity index is 1020. The number of thioether (sulfide) groups is 1. The predicted molar refractivity (Wildman–Crippen MR) is 150 cm³/mol. The fourth-order valence-electron chi connectivity index (χ4n) is 4.75. The van der Waals surface area contributed by atoms with Crippen LogP contribution in [-0.4, -0.2) is 54.4 Å². The summed E-state index contributed by atoms with van der Waals surface area (Å²) in [5, 5.41) is 12.3. The standard InChI is InChI=1S/C30H41NO5S/c1-21-9-7-8-12-25(21)27-17-24(20-36-22(2)18-35-19-23-10-5-4-6-11-23)13-14-26(27)29(32)31-28(30(33)34)15-16-37-3/h7-9,12-14,17,22-23,28H,4-6,10-11,15-16,18-20H2,1-3H3,(H,31,32)(H,33,34). The number of aliphatic carboxylic acids is 1. The molecular weight excluding hydrogens is 486 g/mol. The van der Waals surface area contributed by atoms with Crippen molar-refractivity contribution in [1.29, 1.82) is 0 Å². The summed E-state index contributed by atoms with van der Waals surface area (Å²) >= 11 is 1.56. The smallest absolute Gasteiger partial charge is 0.326 e. The molecule has 2 unspecified atom stereocenters. The molecule has 0 radical (unpaired) electrons. The maximum atomic E-state index is 13.2. The summed E-state index contributed by atoms with van der Waals surface area (Å²) in [4.78, 5) is 24.9. The maximum absolute atomic E-state index is 13.2. The van der Waals surface area contributed by atoms with Gasteiger partial charge < -0.3 is 19.9 Å². The van der Waals surface area contributed by atoms with Crippen molar-refractivity contribution in [3.63, 3.8) is 0 Å². The first kappa shape index (κ1) is 29.2. The van der Waals surface area contributed by atoms with Gasteiger partial charge in [0.15, 0.2) is 0 Å². The van der Waals surface area contributed by atoms with Crippen molar-refractivity contribution in [2.75, 3.05) is 25.2 Å². The Labute approximate surface area is 225 Å². The van der Waals surface area contributed by atoms with E-state index in [1.807, 2.05) is 56.5 Å². The lowest BCUT2D eigenvalue weighted by Crippen LogP contribution is -2.41. The molecule has 0 saturated heterocycles. The van der Waals surface area contributed by atoms with Gasteiger partial charge in [0.05, 0.1) is 19.3 Å². The van der Waals surface area contributed by atoms with Gasteiger partial charge in [0.1, 0.15) is 6.04 Å². The third-order valence-corrected chi connectivity index (χ3v) is 7.59. The lowest BCUT2D eigenvalue weighted by atomic mass is 9.90. The van der Waals surface area contributed by atoms with Gasteiger partial charge in [0.2, 0.25) is 0 Å². The van der Waals surface area contributed by atoms with Gasteiger partial charge in [-0.15, -0.1) is 0 Å². The fourth-order valence-corrected chi connectivity index (χ4v) is 5.22. The average molecular weight is 528 g/mol. The van der Waals surface area contributed by atoms with Crippen LogP contribution in [0.3, 0.4) is 0 Å². The van der Waals surface area contributed by atoms with Crippen molar-refractivity contribution < 1.29 is 24.2 Å². The van der Waals surface area contributed by atoms with Gasteiger partial charge in [-0.3, -0.25) is 4.79 Å². The van der Waals surface area contributed by atoms with Crippen LogP contribution in [0, 0.1) is 12.8 Å². The Morgan fingerprint density at radius 2 is 1.86 bits per heavy atom. The van der Waals surface area contributed by atoms with Crippen molar-refractivity contribution in [3.8, 4) is 11.1 Å². The lowest BCUT2D eigenvalue weighted by molar-refractivity contribution is -0.139. The van der Waals surface area contributed by atoms with Crippen molar-refractivity contribution in [2.45, 2.75) is 71.1 Å². The van der Waals surface area contributed by atoms with E-state index < -0.39 is 12.0 Å². The van der Waals surface area contributed by atoms with E-state index in [9.17, 15) is 14.7 Å². The number of carboxylic acids is 1. The monoisotopic (exact) mass is 527 g/mol. The highest BCUT2D eigenvalue weighted by Crippen LogP contribution is 2.29. The predicted octanol–water partition coefficient (Wildman–Crippen LogP) is 6.10. The summed E-state index contributed by atoms with van der Waals surface area (Å²) in [5.41, 5.74) is 4.15. The van der Waals surface area contributed by atoms with Gasteiger partial charge in [0.25, 0.3) is 5.91 Å². The van der Waals surface area contributed by atoms with Crippen molar-refractivity contribution in [3.05, 3.63) is 59.2 Å². The lowest BCUT2D eigenvalue weighted by Gasteiger charge is -2.22. The number of hydrogen-bond acceptors (Lipinski definition) is 5. The molecule has 2 atom stereocenters. The fraction of sp³-hybridized carbons (Fsp3) is 0.533. The number of carbonyl (C=O) groups is 2. The molecule has 0 aromatic heterocycles. The Kier molecular flexibility index (Phi) is 12.0. The molecule has 0 heterocycles. The third-order valence-electron chi connectivity index (χ3n) is 6.94. The summed E-state index contributed by atoms with van der Waals surface area (Å²) in [5.74, 6) is -0.0770. The number of aryl methyl sites for hydroxylation is 1. The first-order valence-electron chi connectivity index (χ1n) is 13.3. The molecular formula is C30H41NO5S. The van der Waals surface area contributed by atoms with Crippen LogP contribution in [-0.2, 0) is 20.9 Å². The van der Waals surface area contributed by atoms with E-state index in [4.69, 9.17) is 9.47 Å². The first-order chi connectivity index (χ1) is 17.9. The summed E-state index contributed by atoms with van der Waals surface area (Å²) in [6.07, 6.45) is 8.75. The van der Waals surface area contributed by atoms with Crippen LogP contribution in [0.1, 0.15) is 66.9 Å². The molecule has 37 heavy (non-hydrogen) atoms. The molecule has 202 valence electrons. The topological polar surface area (TPSA) is 84.9 Å². The number of amides is 1. The number of benzene rings is 2. The second kappa shape index (κ2) is 15.2. The SMILES string of the molecule is CSCCC(NC(=O)c1ccc(COC(C)COCC2CCCCC2)cc1-c1ccccc1C)C(=O)O. The molecule has 1 amide bonds. The third kappa shape index (κ3) is 9.16. The molecule has 1 aliphatic carbocycles. The van der Waals surface area contributed by atoms with E-state index in [0.29, 0.717) is 36.9 Å². The van der Waals surface area contributed by atoms with E-state index in [1.54, 1.807) is 17.8 Å². The van der Waals surface area contributed by atoms with Gasteiger partial charge in [-0.1, -0.05) is 49.6 Å². The van der Waals surface area contributed by atoms with E-state index in [2.05, 4.69) is 5.32 Å². The average Bonchev–Trinajstić information content (AvgIpc) is 2.90. The van der Waals surface area contributed by atoms with Gasteiger partial charge in [-0.2, -0.15) is 11.8 Å². The molecule has 0 spiro atoms. The highest BCUT2D eigenvalue weighted by atomic mass is 32.2. The molecule has 0 bridgehead atoms. The van der Waals surface area contributed by atoms with Gasteiger partial charge in [0, 0.05) is 12.2 Å². The zero-order valence-corrected chi connectivity index (χ0v) is 23.1. The van der Waals surface area contributed by atoms with Crippen LogP contribution >= 0.6 is 11.8 Å². The van der Waals surface area contributed by atoms with Crippen LogP contribution in [0.25, 0.3) is 11.1 Å². The second-order valence-corrected chi connectivity index (χ2v) is 11.0. The van der Waals surface area contributed by atoms with Gasteiger partial charge in [-0.25, -0.2) is 4.79 Å². The van der Waals surface area contributed by atoms with Crippen LogP contribution in [0.2, 0.25) is 0 Å². The van der Waals surface area contributed by atoms with Crippen molar-refractivity contribution >= 4 is 23.6 Å². The quantitative estimate of drug-likeness (QED) is 0.309. The number of carboxylic acid groups (broad SMARTS) is 1. The van der Waals surface area contributed by atoms with Crippen molar-refractivity contribution in [2.24, 2.45) is 5.92 Å². The number of hydrogen-bond donors (Lipinski definition) is 2. The highest BCUT2D eigenvalue weighted by Gasteiger charge is 2.23. The normalized spacial score (nSPS) is 15.8. The molecule has 2 aromatic rings. The Morgan fingerprint density at radius 3 is 2.57 bits per heavy atom. The molecule has 1 saturated carbocycles. The van der Waals surface area contributed by atoms with Crippen LogP contribution < -0.4 is 5.32 Å². The van der Waals surface area contributed by atoms with E-state index in [1.165, 1.54) is 32.1 Å². The Balaban J connectivity index is 1.69.